The second-order valence-electron chi connectivity index (χ2n) is 7.29. The highest BCUT2D eigenvalue weighted by molar-refractivity contribution is 5.79. The lowest BCUT2D eigenvalue weighted by Crippen LogP contribution is -2.65. The van der Waals surface area contributed by atoms with E-state index in [-0.39, 0.29) is 29.6 Å². The van der Waals surface area contributed by atoms with Gasteiger partial charge in [0, 0.05) is 31.5 Å². The summed E-state index contributed by atoms with van der Waals surface area (Å²) in [5.41, 5.74) is 0.127. The van der Waals surface area contributed by atoms with Gasteiger partial charge in [0.05, 0.1) is 18.3 Å². The van der Waals surface area contributed by atoms with Crippen LogP contribution in [0.25, 0.3) is 0 Å². The molecule has 1 heterocycles. The molecule has 0 spiro atoms. The largest absolute Gasteiger partial charge is 0.381 e. The Bertz CT molecular complexity index is 384. The van der Waals surface area contributed by atoms with Crippen LogP contribution in [0.15, 0.2) is 0 Å². The second-order valence-corrected chi connectivity index (χ2v) is 7.29. The Hall–Kier alpha value is -0.610. The van der Waals surface area contributed by atoms with Crippen LogP contribution < -0.4 is 0 Å². The maximum Gasteiger partial charge on any atom is 0.225 e. The maximum absolute atomic E-state index is 13.0. The number of amides is 1. The van der Waals surface area contributed by atoms with Gasteiger partial charge in [-0.05, 0) is 46.0 Å². The molecule has 0 radical (unpaired) electrons. The molecule has 2 fully saturated rings. The van der Waals surface area contributed by atoms with Gasteiger partial charge in [0.15, 0.2) is 0 Å². The molecule has 22 heavy (non-hydrogen) atoms. The van der Waals surface area contributed by atoms with Crippen LogP contribution in [0.1, 0.15) is 59.8 Å². The Balaban J connectivity index is 2.07. The molecule has 4 nitrogen and oxygen atoms in total. The molecule has 1 unspecified atom stereocenters. The highest BCUT2D eigenvalue weighted by Crippen LogP contribution is 2.51. The first kappa shape index (κ1) is 17.7. The number of rotatable bonds is 5. The van der Waals surface area contributed by atoms with Crippen LogP contribution in [0.5, 0.6) is 0 Å². The molecule has 2 rings (SSSR count). The van der Waals surface area contributed by atoms with Crippen LogP contribution in [0.4, 0.5) is 0 Å². The number of carbonyl (C=O) groups excluding carboxylic acids is 1. The minimum atomic E-state index is 0.108. The zero-order valence-electron chi connectivity index (χ0n) is 15.1. The summed E-state index contributed by atoms with van der Waals surface area (Å²) >= 11 is 0. The Morgan fingerprint density at radius 2 is 1.73 bits per heavy atom. The van der Waals surface area contributed by atoms with Gasteiger partial charge in [-0.15, -0.1) is 0 Å². The van der Waals surface area contributed by atoms with Crippen molar-refractivity contribution in [1.29, 1.82) is 0 Å². The maximum atomic E-state index is 13.0. The molecule has 5 atom stereocenters. The molecule has 0 bridgehead atoms. The lowest BCUT2D eigenvalue weighted by atomic mass is 9.58. The smallest absolute Gasteiger partial charge is 0.225 e. The van der Waals surface area contributed by atoms with Crippen molar-refractivity contribution in [3.63, 3.8) is 0 Å². The van der Waals surface area contributed by atoms with Crippen LogP contribution in [0.3, 0.4) is 0 Å². The van der Waals surface area contributed by atoms with Crippen molar-refractivity contribution in [2.24, 2.45) is 11.3 Å². The van der Waals surface area contributed by atoms with Gasteiger partial charge in [0.2, 0.25) is 5.91 Å². The van der Waals surface area contributed by atoms with Crippen LogP contribution in [-0.2, 0) is 14.3 Å². The van der Waals surface area contributed by atoms with E-state index in [1.165, 1.54) is 0 Å². The Kier molecular flexibility index (Phi) is 5.54. The predicted molar refractivity (Wildman–Crippen MR) is 87.7 cm³/mol. The van der Waals surface area contributed by atoms with Gasteiger partial charge in [-0.25, -0.2) is 0 Å². The predicted octanol–water partition coefficient (Wildman–Crippen LogP) is 3.24. The summed E-state index contributed by atoms with van der Waals surface area (Å²) in [6.07, 6.45) is 5.43. The highest BCUT2D eigenvalue weighted by atomic mass is 16.5. The SMILES string of the molecule is CCC1(CC)[C@@H](N(C)C(=O)C2C[C@@H](C)O[C@@H](C)C2)C[C@H]1OC. The zero-order valence-corrected chi connectivity index (χ0v) is 15.1. The standard InChI is InChI=1S/C18H33NO3/c1-7-18(8-2)15(11-16(18)21-6)19(5)17(20)14-9-12(3)22-13(4)10-14/h12-16H,7-11H2,1-6H3/t12-,13+,14?,15-,16+/m0/s1. The van der Waals surface area contributed by atoms with E-state index in [0.717, 1.165) is 32.1 Å². The van der Waals surface area contributed by atoms with Gasteiger partial charge < -0.3 is 14.4 Å². The van der Waals surface area contributed by atoms with E-state index in [2.05, 4.69) is 27.7 Å². The molecule has 1 saturated heterocycles. The third-order valence-corrected chi connectivity index (χ3v) is 6.21. The van der Waals surface area contributed by atoms with Crippen molar-refractivity contribution in [2.45, 2.75) is 84.2 Å². The summed E-state index contributed by atoms with van der Waals surface area (Å²) in [5, 5.41) is 0. The molecule has 1 amide bonds. The van der Waals surface area contributed by atoms with E-state index in [4.69, 9.17) is 9.47 Å². The number of hydrogen-bond acceptors (Lipinski definition) is 3. The first-order valence-corrected chi connectivity index (χ1v) is 8.84. The summed E-state index contributed by atoms with van der Waals surface area (Å²) in [6, 6.07) is 0.313. The Labute approximate surface area is 135 Å². The molecule has 1 saturated carbocycles. The first-order chi connectivity index (χ1) is 10.4. The van der Waals surface area contributed by atoms with Crippen LogP contribution >= 0.6 is 0 Å². The van der Waals surface area contributed by atoms with Crippen molar-refractivity contribution in [3.8, 4) is 0 Å². The average molecular weight is 311 g/mol. The third-order valence-electron chi connectivity index (χ3n) is 6.21. The molecule has 2 aliphatic rings. The average Bonchev–Trinajstić information content (AvgIpc) is 2.46. The molecule has 0 aromatic carbocycles. The molecule has 0 aromatic rings. The molecule has 0 aromatic heterocycles. The van der Waals surface area contributed by atoms with Gasteiger partial charge in [0.25, 0.3) is 0 Å². The molecule has 1 aliphatic carbocycles. The fourth-order valence-electron chi connectivity index (χ4n) is 4.83. The number of nitrogens with zero attached hydrogens (tertiary/aromatic N) is 1. The highest BCUT2D eigenvalue weighted by Gasteiger charge is 2.56. The van der Waals surface area contributed by atoms with E-state index >= 15 is 0 Å². The van der Waals surface area contributed by atoms with Crippen molar-refractivity contribution in [2.75, 3.05) is 14.2 Å². The number of ether oxygens (including phenoxy) is 2. The number of carbonyl (C=O) groups is 1. The van der Waals surface area contributed by atoms with Crippen molar-refractivity contribution < 1.29 is 14.3 Å². The summed E-state index contributed by atoms with van der Waals surface area (Å²) in [5.74, 6) is 0.407. The molecular weight excluding hydrogens is 278 g/mol. The summed E-state index contributed by atoms with van der Waals surface area (Å²) in [4.78, 5) is 15.0. The Morgan fingerprint density at radius 1 is 1.18 bits per heavy atom. The molecule has 128 valence electrons. The Morgan fingerprint density at radius 3 is 2.18 bits per heavy atom. The van der Waals surface area contributed by atoms with Gasteiger partial charge in [0.1, 0.15) is 0 Å². The normalized spacial score (nSPS) is 37.5. The molecule has 4 heteroatoms. The zero-order chi connectivity index (χ0) is 16.5. The minimum Gasteiger partial charge on any atom is -0.381 e. The van der Waals surface area contributed by atoms with Crippen molar-refractivity contribution in [1.82, 2.24) is 4.90 Å². The lowest BCUT2D eigenvalue weighted by Gasteiger charge is -2.58. The van der Waals surface area contributed by atoms with Gasteiger partial charge in [-0.3, -0.25) is 4.79 Å². The topological polar surface area (TPSA) is 38.8 Å². The lowest BCUT2D eigenvalue weighted by molar-refractivity contribution is -0.176. The van der Waals surface area contributed by atoms with Crippen LogP contribution in [-0.4, -0.2) is 49.3 Å². The first-order valence-electron chi connectivity index (χ1n) is 8.84. The summed E-state index contributed by atoms with van der Waals surface area (Å²) in [7, 11) is 3.79. The minimum absolute atomic E-state index is 0.108. The monoisotopic (exact) mass is 311 g/mol. The fraction of sp³-hybridized carbons (Fsp3) is 0.944. The number of methoxy groups -OCH3 is 1. The number of hydrogen-bond donors (Lipinski definition) is 0. The second kappa shape index (κ2) is 6.88. The summed E-state index contributed by atoms with van der Waals surface area (Å²) in [6.45, 7) is 8.59. The van der Waals surface area contributed by atoms with E-state index in [9.17, 15) is 4.79 Å². The van der Waals surface area contributed by atoms with Gasteiger partial charge >= 0.3 is 0 Å². The van der Waals surface area contributed by atoms with E-state index in [0.29, 0.717) is 11.9 Å². The van der Waals surface area contributed by atoms with Crippen LogP contribution in [0.2, 0.25) is 0 Å². The quantitative estimate of drug-likeness (QED) is 0.782. The molecular formula is C18H33NO3. The van der Waals surface area contributed by atoms with E-state index in [1.54, 1.807) is 7.11 Å². The summed E-state index contributed by atoms with van der Waals surface area (Å²) < 4.78 is 11.4. The third kappa shape index (κ3) is 2.92. The van der Waals surface area contributed by atoms with Gasteiger partial charge in [-0.2, -0.15) is 0 Å². The van der Waals surface area contributed by atoms with E-state index in [1.807, 2.05) is 11.9 Å². The van der Waals surface area contributed by atoms with Crippen molar-refractivity contribution >= 4 is 5.91 Å². The van der Waals surface area contributed by atoms with Gasteiger partial charge in [-0.1, -0.05) is 13.8 Å². The van der Waals surface area contributed by atoms with Crippen molar-refractivity contribution in [3.05, 3.63) is 0 Å². The molecule has 0 N–H and O–H groups in total. The molecule has 1 aliphatic heterocycles. The fourth-order valence-corrected chi connectivity index (χ4v) is 4.83. The van der Waals surface area contributed by atoms with E-state index < -0.39 is 0 Å². The van der Waals surface area contributed by atoms with Crippen LogP contribution in [0, 0.1) is 11.3 Å².